The van der Waals surface area contributed by atoms with Gasteiger partial charge in [-0.3, -0.25) is 4.79 Å². The van der Waals surface area contributed by atoms with Crippen molar-refractivity contribution in [1.82, 2.24) is 4.90 Å². The molecule has 2 fully saturated rings. The van der Waals surface area contributed by atoms with E-state index in [1.165, 1.54) is 11.1 Å². The Labute approximate surface area is 154 Å². The van der Waals surface area contributed by atoms with E-state index in [9.17, 15) is 4.79 Å². The number of amides is 1. The first kappa shape index (κ1) is 17.6. The molecule has 0 bridgehead atoms. The molecule has 2 aliphatic heterocycles. The van der Waals surface area contributed by atoms with Crippen molar-refractivity contribution in [3.8, 4) is 0 Å². The van der Waals surface area contributed by atoms with Crippen LogP contribution in [0.1, 0.15) is 49.3 Å². The largest absolute Gasteiger partial charge is 0.464 e. The first-order valence-electron chi connectivity index (χ1n) is 9.54. The molecular formula is C21H27NO4. The molecule has 1 aromatic carbocycles. The summed E-state index contributed by atoms with van der Waals surface area (Å²) in [5, 5.41) is 1.05. The Morgan fingerprint density at radius 1 is 1.27 bits per heavy atom. The number of benzene rings is 1. The first-order chi connectivity index (χ1) is 12.5. The number of hydrogen-bond acceptors (Lipinski definition) is 4. The monoisotopic (exact) mass is 357 g/mol. The molecule has 0 aliphatic carbocycles. The molecule has 5 nitrogen and oxygen atoms in total. The Hall–Kier alpha value is -1.85. The van der Waals surface area contributed by atoms with Crippen molar-refractivity contribution in [2.45, 2.75) is 51.7 Å². The maximum Gasteiger partial charge on any atom is 0.227 e. The van der Waals surface area contributed by atoms with Crippen LogP contribution in [0.2, 0.25) is 0 Å². The van der Waals surface area contributed by atoms with Gasteiger partial charge in [0, 0.05) is 23.9 Å². The summed E-state index contributed by atoms with van der Waals surface area (Å²) in [5.41, 5.74) is 4.34. The van der Waals surface area contributed by atoms with Crippen molar-refractivity contribution < 1.29 is 18.7 Å². The summed E-state index contributed by atoms with van der Waals surface area (Å²) in [4.78, 5) is 14.8. The third-order valence-corrected chi connectivity index (χ3v) is 5.59. The molecule has 26 heavy (non-hydrogen) atoms. The third kappa shape index (κ3) is 3.14. The zero-order chi connectivity index (χ0) is 18.3. The standard InChI is InChI=1S/C21H27NO4/c1-14(2)17-11-18-16(12-24-19(18)9-15(17)3)10-20(23)22-6-4-5-21(13-22)25-7-8-26-21/h9,11-12,14H,4-8,10,13H2,1-3H3. The van der Waals surface area contributed by atoms with Crippen LogP contribution in [0.15, 0.2) is 22.8 Å². The molecule has 1 spiro atoms. The maximum atomic E-state index is 12.9. The molecule has 140 valence electrons. The van der Waals surface area contributed by atoms with Gasteiger partial charge in [0.05, 0.1) is 32.4 Å². The van der Waals surface area contributed by atoms with Crippen LogP contribution >= 0.6 is 0 Å². The fourth-order valence-electron chi connectivity index (χ4n) is 4.21. The molecule has 4 rings (SSSR count). The Bertz CT molecular complexity index is 817. The van der Waals surface area contributed by atoms with Gasteiger partial charge in [-0.1, -0.05) is 13.8 Å². The molecule has 0 N–H and O–H groups in total. The molecule has 0 saturated carbocycles. The highest BCUT2D eigenvalue weighted by atomic mass is 16.7. The minimum atomic E-state index is -0.575. The van der Waals surface area contributed by atoms with E-state index in [-0.39, 0.29) is 5.91 Å². The van der Waals surface area contributed by atoms with Crippen molar-refractivity contribution in [2.24, 2.45) is 0 Å². The number of ether oxygens (including phenoxy) is 2. The van der Waals surface area contributed by atoms with Crippen LogP contribution in [0.5, 0.6) is 0 Å². The van der Waals surface area contributed by atoms with Crippen LogP contribution in [0, 0.1) is 6.92 Å². The van der Waals surface area contributed by atoms with Gasteiger partial charge in [-0.2, -0.15) is 0 Å². The lowest BCUT2D eigenvalue weighted by molar-refractivity contribution is -0.192. The molecule has 2 aliphatic rings. The van der Waals surface area contributed by atoms with E-state index in [1.807, 2.05) is 4.90 Å². The Kier molecular flexibility index (Phi) is 4.53. The fourth-order valence-corrected chi connectivity index (χ4v) is 4.21. The van der Waals surface area contributed by atoms with Crippen molar-refractivity contribution >= 4 is 16.9 Å². The lowest BCUT2D eigenvalue weighted by Gasteiger charge is -2.38. The number of carbonyl (C=O) groups is 1. The summed E-state index contributed by atoms with van der Waals surface area (Å²) in [6.45, 7) is 9.01. The number of piperidine rings is 1. The van der Waals surface area contributed by atoms with E-state index in [2.05, 4.69) is 32.9 Å². The Balaban J connectivity index is 1.55. The molecule has 2 saturated heterocycles. The quantitative estimate of drug-likeness (QED) is 0.839. The lowest BCUT2D eigenvalue weighted by atomic mass is 9.95. The van der Waals surface area contributed by atoms with E-state index in [4.69, 9.17) is 13.9 Å². The van der Waals surface area contributed by atoms with Crippen molar-refractivity contribution in [3.05, 3.63) is 35.1 Å². The van der Waals surface area contributed by atoms with Crippen molar-refractivity contribution in [1.29, 1.82) is 0 Å². The molecule has 0 atom stereocenters. The summed E-state index contributed by atoms with van der Waals surface area (Å²) >= 11 is 0. The molecule has 3 heterocycles. The van der Waals surface area contributed by atoms with Crippen LogP contribution in [0.3, 0.4) is 0 Å². The summed E-state index contributed by atoms with van der Waals surface area (Å²) < 4.78 is 17.3. The molecule has 0 radical (unpaired) electrons. The van der Waals surface area contributed by atoms with Crippen LogP contribution in [-0.4, -0.2) is 42.9 Å². The highest BCUT2D eigenvalue weighted by Gasteiger charge is 2.42. The van der Waals surface area contributed by atoms with Gasteiger partial charge in [0.1, 0.15) is 5.58 Å². The summed E-state index contributed by atoms with van der Waals surface area (Å²) in [6.07, 6.45) is 3.86. The lowest BCUT2D eigenvalue weighted by Crippen LogP contribution is -2.51. The van der Waals surface area contributed by atoms with Crippen LogP contribution in [0.4, 0.5) is 0 Å². The second-order valence-corrected chi connectivity index (χ2v) is 7.82. The Morgan fingerprint density at radius 3 is 2.77 bits per heavy atom. The smallest absolute Gasteiger partial charge is 0.227 e. The fraction of sp³-hybridized carbons (Fsp3) is 0.571. The van der Waals surface area contributed by atoms with Crippen molar-refractivity contribution in [2.75, 3.05) is 26.3 Å². The summed E-state index contributed by atoms with van der Waals surface area (Å²) in [5.74, 6) is -0.0251. The number of carbonyl (C=O) groups excluding carboxylic acids is 1. The predicted molar refractivity (Wildman–Crippen MR) is 99.2 cm³/mol. The number of likely N-dealkylation sites (tertiary alicyclic amines) is 1. The predicted octanol–water partition coefficient (Wildman–Crippen LogP) is 3.77. The number of aryl methyl sites for hydroxylation is 1. The van der Waals surface area contributed by atoms with E-state index in [1.54, 1.807) is 6.26 Å². The van der Waals surface area contributed by atoms with Crippen LogP contribution in [0.25, 0.3) is 11.0 Å². The highest BCUT2D eigenvalue weighted by molar-refractivity contribution is 5.88. The maximum absolute atomic E-state index is 12.9. The minimum Gasteiger partial charge on any atom is -0.464 e. The molecule has 0 unspecified atom stereocenters. The van der Waals surface area contributed by atoms with E-state index in [0.717, 1.165) is 35.9 Å². The van der Waals surface area contributed by atoms with Gasteiger partial charge in [0.15, 0.2) is 5.79 Å². The number of hydrogen-bond donors (Lipinski definition) is 0. The highest BCUT2D eigenvalue weighted by Crippen LogP contribution is 2.32. The minimum absolute atomic E-state index is 0.109. The van der Waals surface area contributed by atoms with Gasteiger partial charge in [-0.15, -0.1) is 0 Å². The van der Waals surface area contributed by atoms with Gasteiger partial charge in [-0.25, -0.2) is 0 Å². The van der Waals surface area contributed by atoms with Crippen molar-refractivity contribution in [3.63, 3.8) is 0 Å². The topological polar surface area (TPSA) is 51.9 Å². The summed E-state index contributed by atoms with van der Waals surface area (Å²) in [6, 6.07) is 4.26. The average molecular weight is 357 g/mol. The second kappa shape index (κ2) is 6.71. The van der Waals surface area contributed by atoms with E-state index < -0.39 is 5.79 Å². The number of nitrogens with zero attached hydrogens (tertiary/aromatic N) is 1. The number of fused-ring (bicyclic) bond motifs is 1. The molecule has 1 aromatic heterocycles. The normalized spacial score (nSPS) is 19.8. The zero-order valence-electron chi connectivity index (χ0n) is 15.8. The molecular weight excluding hydrogens is 330 g/mol. The van der Waals surface area contributed by atoms with Gasteiger partial charge in [0.2, 0.25) is 5.91 Å². The molecule has 1 amide bonds. The van der Waals surface area contributed by atoms with Gasteiger partial charge >= 0.3 is 0 Å². The van der Waals surface area contributed by atoms with Crippen LogP contribution in [-0.2, 0) is 20.7 Å². The third-order valence-electron chi connectivity index (χ3n) is 5.59. The molecule has 2 aromatic rings. The van der Waals surface area contributed by atoms with E-state index in [0.29, 0.717) is 32.1 Å². The SMILES string of the molecule is Cc1cc2occ(CC(=O)N3CCCC4(C3)OCCO4)c2cc1C(C)C. The van der Waals surface area contributed by atoms with E-state index >= 15 is 0 Å². The number of rotatable bonds is 3. The second-order valence-electron chi connectivity index (χ2n) is 7.82. The zero-order valence-corrected chi connectivity index (χ0v) is 15.8. The van der Waals surface area contributed by atoms with Gasteiger partial charge in [0.25, 0.3) is 0 Å². The van der Waals surface area contributed by atoms with Gasteiger partial charge < -0.3 is 18.8 Å². The number of furan rings is 1. The molecule has 5 heteroatoms. The Morgan fingerprint density at radius 2 is 2.04 bits per heavy atom. The van der Waals surface area contributed by atoms with Crippen LogP contribution < -0.4 is 0 Å². The summed E-state index contributed by atoms with van der Waals surface area (Å²) in [7, 11) is 0. The first-order valence-corrected chi connectivity index (χ1v) is 9.54. The van der Waals surface area contributed by atoms with Gasteiger partial charge in [-0.05, 0) is 42.5 Å². The average Bonchev–Trinajstić information content (AvgIpc) is 3.21.